The van der Waals surface area contributed by atoms with Crippen LogP contribution in [0.2, 0.25) is 0 Å². The molecule has 0 aliphatic carbocycles. The molecule has 0 saturated heterocycles. The Morgan fingerprint density at radius 1 is 1.15 bits per heavy atom. The van der Waals surface area contributed by atoms with Crippen LogP contribution >= 0.6 is 0 Å². The maximum atomic E-state index is 9.26. The molecule has 0 aromatic heterocycles. The first-order valence-corrected chi connectivity index (χ1v) is 3.64. The second-order valence-electron chi connectivity index (χ2n) is 2.78. The molecule has 0 bridgehead atoms. The van der Waals surface area contributed by atoms with Gasteiger partial charge in [0.1, 0.15) is 17.2 Å². The van der Waals surface area contributed by atoms with E-state index in [4.69, 9.17) is 10.3 Å². The van der Waals surface area contributed by atoms with E-state index in [1.165, 1.54) is 7.05 Å². The average molecular weight is 185 g/mol. The highest BCUT2D eigenvalue weighted by molar-refractivity contribution is 5.48. The number of phenols is 3. The van der Waals surface area contributed by atoms with Crippen LogP contribution in [-0.2, 0) is 6.54 Å². The summed E-state index contributed by atoms with van der Waals surface area (Å²) in [6, 6.07) is 2.19. The maximum absolute atomic E-state index is 9.26. The van der Waals surface area contributed by atoms with Crippen LogP contribution < -0.4 is 0 Å². The summed E-state index contributed by atoms with van der Waals surface area (Å²) in [4.78, 5) is 0. The Labute approximate surface area is 75.1 Å². The molecule has 0 fully saturated rings. The number of rotatable bonds is 2. The van der Waals surface area contributed by atoms with Crippen molar-refractivity contribution < 1.29 is 20.5 Å². The van der Waals surface area contributed by atoms with E-state index in [0.29, 0.717) is 0 Å². The molecule has 4 N–H and O–H groups in total. The normalized spacial score (nSPS) is 10.7. The van der Waals surface area contributed by atoms with Crippen molar-refractivity contribution >= 4 is 0 Å². The lowest BCUT2D eigenvalue weighted by Crippen LogP contribution is -2.11. The molecule has 0 aliphatic heterocycles. The number of nitrogens with zero attached hydrogens (tertiary/aromatic N) is 1. The summed E-state index contributed by atoms with van der Waals surface area (Å²) in [6.45, 7) is -0.0159. The van der Waals surface area contributed by atoms with E-state index < -0.39 is 0 Å². The highest BCUT2D eigenvalue weighted by Crippen LogP contribution is 2.32. The minimum atomic E-state index is -0.251. The molecule has 0 unspecified atom stereocenters. The lowest BCUT2D eigenvalue weighted by molar-refractivity contribution is -0.0739. The minimum Gasteiger partial charge on any atom is -0.508 e. The van der Waals surface area contributed by atoms with Crippen LogP contribution in [0, 0.1) is 0 Å². The first kappa shape index (κ1) is 9.63. The molecule has 0 aliphatic rings. The average Bonchev–Trinajstić information content (AvgIpc) is 1.96. The standard InChI is InChI=1S/C8H11NO4/c1-9(13)4-6-7(11)2-5(10)3-8(6)12/h2-3,10-13H,4H2,1H3. The van der Waals surface area contributed by atoms with Gasteiger partial charge in [-0.1, -0.05) is 0 Å². The van der Waals surface area contributed by atoms with Gasteiger partial charge >= 0.3 is 0 Å². The van der Waals surface area contributed by atoms with Gasteiger partial charge < -0.3 is 20.5 Å². The largest absolute Gasteiger partial charge is 0.508 e. The number of hydrogen-bond acceptors (Lipinski definition) is 5. The van der Waals surface area contributed by atoms with Crippen molar-refractivity contribution in [2.75, 3.05) is 7.05 Å². The van der Waals surface area contributed by atoms with Crippen molar-refractivity contribution in [3.05, 3.63) is 17.7 Å². The van der Waals surface area contributed by atoms with Crippen LogP contribution in [0.5, 0.6) is 17.2 Å². The van der Waals surface area contributed by atoms with Crippen molar-refractivity contribution in [1.82, 2.24) is 5.06 Å². The lowest BCUT2D eigenvalue weighted by Gasteiger charge is -2.11. The third-order valence-corrected chi connectivity index (χ3v) is 1.57. The topological polar surface area (TPSA) is 84.2 Å². The van der Waals surface area contributed by atoms with Gasteiger partial charge in [-0.05, 0) is 0 Å². The summed E-state index contributed by atoms with van der Waals surface area (Å²) < 4.78 is 0. The number of hydrogen-bond donors (Lipinski definition) is 4. The summed E-state index contributed by atoms with van der Waals surface area (Å²) in [5.74, 6) is -0.726. The van der Waals surface area contributed by atoms with Crippen LogP contribution in [0.15, 0.2) is 12.1 Å². The minimum absolute atomic E-state index is 0.0159. The van der Waals surface area contributed by atoms with Crippen LogP contribution in [0.4, 0.5) is 0 Å². The Kier molecular flexibility index (Phi) is 2.60. The second kappa shape index (κ2) is 3.51. The zero-order valence-corrected chi connectivity index (χ0v) is 7.10. The fourth-order valence-electron chi connectivity index (χ4n) is 1.02. The zero-order valence-electron chi connectivity index (χ0n) is 7.10. The molecule has 1 aromatic rings. The Morgan fingerprint density at radius 3 is 2.00 bits per heavy atom. The summed E-state index contributed by atoms with van der Waals surface area (Å²) in [5, 5.41) is 37.2. The molecule has 0 atom stereocenters. The van der Waals surface area contributed by atoms with Gasteiger partial charge in [0.25, 0.3) is 0 Å². The van der Waals surface area contributed by atoms with Crippen molar-refractivity contribution in [2.24, 2.45) is 0 Å². The van der Waals surface area contributed by atoms with Crippen LogP contribution in [-0.4, -0.2) is 32.6 Å². The molecule has 0 radical (unpaired) electrons. The molecule has 1 rings (SSSR count). The first-order valence-electron chi connectivity index (χ1n) is 3.64. The molecule has 72 valence electrons. The van der Waals surface area contributed by atoms with E-state index in [2.05, 4.69) is 0 Å². The van der Waals surface area contributed by atoms with Crippen LogP contribution in [0.3, 0.4) is 0 Å². The van der Waals surface area contributed by atoms with Crippen molar-refractivity contribution in [3.8, 4) is 17.2 Å². The molecule has 0 saturated carbocycles. The Balaban J connectivity index is 3.06. The number of aromatic hydroxyl groups is 3. The van der Waals surface area contributed by atoms with E-state index in [1.54, 1.807) is 0 Å². The fourth-order valence-corrected chi connectivity index (χ4v) is 1.02. The number of phenolic OH excluding ortho intramolecular Hbond substituents is 3. The quantitative estimate of drug-likeness (QED) is 0.508. The summed E-state index contributed by atoms with van der Waals surface area (Å²) in [6.07, 6.45) is 0. The van der Waals surface area contributed by atoms with E-state index in [-0.39, 0.29) is 29.4 Å². The molecular formula is C8H11NO4. The Bertz CT molecular complexity index is 288. The van der Waals surface area contributed by atoms with Gasteiger partial charge in [-0.25, -0.2) is 0 Å². The summed E-state index contributed by atoms with van der Waals surface area (Å²) in [5.41, 5.74) is 0.169. The monoisotopic (exact) mass is 185 g/mol. The number of hydroxylamine groups is 2. The Hall–Kier alpha value is -1.46. The van der Waals surface area contributed by atoms with Crippen LogP contribution in [0.1, 0.15) is 5.56 Å². The molecule has 1 aromatic carbocycles. The van der Waals surface area contributed by atoms with E-state index in [1.807, 2.05) is 0 Å². The van der Waals surface area contributed by atoms with E-state index >= 15 is 0 Å². The highest BCUT2D eigenvalue weighted by Gasteiger charge is 2.10. The second-order valence-corrected chi connectivity index (χ2v) is 2.78. The van der Waals surface area contributed by atoms with Gasteiger partial charge in [-0.15, -0.1) is 0 Å². The molecule has 13 heavy (non-hydrogen) atoms. The van der Waals surface area contributed by atoms with Gasteiger partial charge in [-0.3, -0.25) is 0 Å². The van der Waals surface area contributed by atoms with Crippen molar-refractivity contribution in [3.63, 3.8) is 0 Å². The van der Waals surface area contributed by atoms with E-state index in [0.717, 1.165) is 17.2 Å². The lowest BCUT2D eigenvalue weighted by atomic mass is 10.1. The predicted octanol–water partition coefficient (Wildman–Crippen LogP) is 0.624. The van der Waals surface area contributed by atoms with E-state index in [9.17, 15) is 10.2 Å². The smallest absolute Gasteiger partial charge is 0.127 e. The fraction of sp³-hybridized carbons (Fsp3) is 0.250. The van der Waals surface area contributed by atoms with Gasteiger partial charge in [0.2, 0.25) is 0 Å². The summed E-state index contributed by atoms with van der Waals surface area (Å²) in [7, 11) is 1.38. The van der Waals surface area contributed by atoms with Crippen molar-refractivity contribution in [1.29, 1.82) is 0 Å². The maximum Gasteiger partial charge on any atom is 0.127 e. The van der Waals surface area contributed by atoms with Gasteiger partial charge in [0.15, 0.2) is 0 Å². The third-order valence-electron chi connectivity index (χ3n) is 1.57. The zero-order chi connectivity index (χ0) is 10.0. The highest BCUT2D eigenvalue weighted by atomic mass is 16.5. The van der Waals surface area contributed by atoms with Crippen molar-refractivity contribution in [2.45, 2.75) is 6.54 Å². The predicted molar refractivity (Wildman–Crippen MR) is 44.7 cm³/mol. The molecule has 5 heteroatoms. The first-order chi connectivity index (χ1) is 6.00. The van der Waals surface area contributed by atoms with Gasteiger partial charge in [0.05, 0.1) is 12.1 Å². The molecule has 0 spiro atoms. The van der Waals surface area contributed by atoms with Gasteiger partial charge in [-0.2, -0.15) is 5.06 Å². The molecule has 0 amide bonds. The molecule has 0 heterocycles. The molecule has 5 nitrogen and oxygen atoms in total. The molecular weight excluding hydrogens is 174 g/mol. The SMILES string of the molecule is CN(O)Cc1c(O)cc(O)cc1O. The van der Waals surface area contributed by atoms with Gasteiger partial charge in [0, 0.05) is 19.2 Å². The third kappa shape index (κ3) is 2.24. The number of benzene rings is 1. The van der Waals surface area contributed by atoms with Crippen LogP contribution in [0.25, 0.3) is 0 Å². The Morgan fingerprint density at radius 2 is 1.62 bits per heavy atom. The summed E-state index contributed by atoms with van der Waals surface area (Å²) >= 11 is 0.